The molecule has 1 N–H and O–H groups in total. The number of halogens is 1. The van der Waals surface area contributed by atoms with Crippen LogP contribution in [0.3, 0.4) is 0 Å². The first kappa shape index (κ1) is 18.3. The highest BCUT2D eigenvalue weighted by molar-refractivity contribution is 5.72. The zero-order valence-corrected chi connectivity index (χ0v) is 17.4. The minimum atomic E-state index is -0.630. The summed E-state index contributed by atoms with van der Waals surface area (Å²) in [4.78, 5) is 11.5. The number of quaternary nitrogens is 1. The number of rotatable bonds is 1. The van der Waals surface area contributed by atoms with E-state index in [2.05, 4.69) is 26.2 Å². The van der Waals surface area contributed by atoms with Crippen LogP contribution >= 0.6 is 0 Å². The van der Waals surface area contributed by atoms with E-state index in [0.29, 0.717) is 23.5 Å². The number of hydrogen-bond acceptors (Lipinski definition) is 4. The Balaban J connectivity index is 0.00000168. The summed E-state index contributed by atoms with van der Waals surface area (Å²) in [6.45, 7) is 2.46. The molecule has 1 spiro atoms. The number of hydrogen-bond donors (Lipinski definition) is 1. The van der Waals surface area contributed by atoms with E-state index in [0.717, 1.165) is 23.9 Å². The maximum atomic E-state index is 11.5. The van der Waals surface area contributed by atoms with Crippen molar-refractivity contribution < 1.29 is 47.8 Å². The van der Waals surface area contributed by atoms with Crippen molar-refractivity contribution in [3.8, 4) is 11.5 Å². The fourth-order valence-corrected chi connectivity index (χ4v) is 5.83. The van der Waals surface area contributed by atoms with E-state index in [1.165, 1.54) is 18.1 Å². The smallest absolute Gasteiger partial charge is 0.308 e. The molecule has 5 nitrogen and oxygen atoms in total. The summed E-state index contributed by atoms with van der Waals surface area (Å²) in [5.41, 5.74) is 2.26. The number of piperidine rings is 1. The van der Waals surface area contributed by atoms with Gasteiger partial charge in [0.2, 0.25) is 0 Å². The van der Waals surface area contributed by atoms with Gasteiger partial charge in [-0.05, 0) is 11.6 Å². The molecule has 0 saturated carbocycles. The van der Waals surface area contributed by atoms with Crippen LogP contribution < -0.4 is 33.5 Å². The van der Waals surface area contributed by atoms with E-state index < -0.39 is 6.10 Å². The molecule has 4 aliphatic rings. The van der Waals surface area contributed by atoms with Gasteiger partial charge in [0.1, 0.15) is 18.2 Å². The van der Waals surface area contributed by atoms with Crippen LogP contribution in [0.5, 0.6) is 11.5 Å². The molecule has 0 unspecified atom stereocenters. The fraction of sp³-hybridized carbons (Fsp3) is 0.550. The maximum Gasteiger partial charge on any atom is 0.308 e. The lowest BCUT2D eigenvalue weighted by Crippen LogP contribution is -3.00. The largest absolute Gasteiger partial charge is 1.00 e. The molecule has 2 bridgehead atoms. The molecular weight excluding hydrogens is 445 g/mol. The summed E-state index contributed by atoms with van der Waals surface area (Å²) in [6, 6.07) is 4.41. The van der Waals surface area contributed by atoms with Gasteiger partial charge >= 0.3 is 5.97 Å². The molecule has 6 heteroatoms. The van der Waals surface area contributed by atoms with Gasteiger partial charge in [0.15, 0.2) is 11.5 Å². The molecule has 0 amide bonds. The van der Waals surface area contributed by atoms with E-state index in [1.807, 2.05) is 12.1 Å². The van der Waals surface area contributed by atoms with Crippen molar-refractivity contribution in [1.29, 1.82) is 0 Å². The minimum absolute atomic E-state index is 0. The molecule has 26 heavy (non-hydrogen) atoms. The monoisotopic (exact) mass is 469 g/mol. The average molecular weight is 469 g/mol. The Kier molecular flexibility index (Phi) is 3.99. The average Bonchev–Trinajstić information content (AvgIpc) is 2.90. The molecule has 0 radical (unpaired) electrons. The lowest BCUT2D eigenvalue weighted by Gasteiger charge is -2.58. The first-order valence-corrected chi connectivity index (χ1v) is 9.05. The first-order chi connectivity index (χ1) is 11.8. The van der Waals surface area contributed by atoms with E-state index in [9.17, 15) is 9.90 Å². The number of carbonyl (C=O) groups excluding carboxylic acids is 1. The maximum absolute atomic E-state index is 11.5. The Morgan fingerprint density at radius 1 is 1.35 bits per heavy atom. The van der Waals surface area contributed by atoms with Crippen LogP contribution in [0.1, 0.15) is 24.5 Å². The van der Waals surface area contributed by atoms with Crippen molar-refractivity contribution in [2.24, 2.45) is 5.92 Å². The van der Waals surface area contributed by atoms with Gasteiger partial charge in [-0.25, -0.2) is 0 Å². The molecule has 140 valence electrons. The van der Waals surface area contributed by atoms with Gasteiger partial charge in [-0.1, -0.05) is 18.2 Å². The summed E-state index contributed by atoms with van der Waals surface area (Å²) in [7, 11) is 4.61. The summed E-state index contributed by atoms with van der Waals surface area (Å²) in [5, 5.41) is 10.7. The van der Waals surface area contributed by atoms with E-state index in [4.69, 9.17) is 9.47 Å². The first-order valence-electron chi connectivity index (χ1n) is 9.05. The molecule has 5 atom stereocenters. The standard InChI is InChI=1S/C20H24NO4.HI/c1-11(22)24-16-7-4-12-10-14-13-5-6-15(23)19-20(13,8-9-21(14,2)3)17(12)18(16)25-19;/h4-7,13-15,19,23H,8-10H2,1-3H3;1H/q+1;/p-1/t13-,14+,15-,19-,20-;/m0./s1. The molecule has 1 aromatic carbocycles. The fourth-order valence-electron chi connectivity index (χ4n) is 5.83. The second-order valence-corrected chi connectivity index (χ2v) is 8.52. The highest BCUT2D eigenvalue weighted by Crippen LogP contribution is 2.63. The number of ether oxygens (including phenoxy) is 2. The lowest BCUT2D eigenvalue weighted by atomic mass is 9.53. The third kappa shape index (κ3) is 2.12. The summed E-state index contributed by atoms with van der Waals surface area (Å²) in [5.74, 6) is 1.15. The second-order valence-electron chi connectivity index (χ2n) is 8.52. The van der Waals surface area contributed by atoms with Gasteiger partial charge < -0.3 is 43.0 Å². The highest BCUT2D eigenvalue weighted by atomic mass is 127. The molecule has 2 aliphatic carbocycles. The summed E-state index contributed by atoms with van der Waals surface area (Å²) < 4.78 is 12.7. The highest BCUT2D eigenvalue weighted by Gasteiger charge is 2.67. The molecule has 1 fully saturated rings. The number of aliphatic hydroxyl groups is 1. The third-order valence-corrected chi connectivity index (χ3v) is 6.94. The van der Waals surface area contributed by atoms with Crippen LogP contribution in [0, 0.1) is 5.92 Å². The number of esters is 1. The number of carbonyl (C=O) groups is 1. The zero-order chi connectivity index (χ0) is 17.6. The van der Waals surface area contributed by atoms with Gasteiger partial charge in [-0.2, -0.15) is 0 Å². The van der Waals surface area contributed by atoms with Crippen molar-refractivity contribution in [2.45, 2.75) is 43.4 Å². The molecule has 5 rings (SSSR count). The molecular formula is C20H24INO4. The van der Waals surface area contributed by atoms with Crippen LogP contribution in [-0.4, -0.2) is 54.4 Å². The quantitative estimate of drug-likeness (QED) is 0.180. The zero-order valence-electron chi connectivity index (χ0n) is 15.2. The Labute approximate surface area is 170 Å². The molecule has 1 aromatic rings. The number of nitrogens with zero attached hydrogens (tertiary/aromatic N) is 1. The van der Waals surface area contributed by atoms with Gasteiger partial charge in [0.05, 0.1) is 26.1 Å². The summed E-state index contributed by atoms with van der Waals surface area (Å²) in [6.07, 6.45) is 5.14. The van der Waals surface area contributed by atoms with Crippen LogP contribution in [0.4, 0.5) is 0 Å². The Bertz CT molecular complexity index is 820. The van der Waals surface area contributed by atoms with Crippen molar-refractivity contribution in [2.75, 3.05) is 20.6 Å². The Morgan fingerprint density at radius 3 is 2.85 bits per heavy atom. The molecule has 0 aromatic heterocycles. The van der Waals surface area contributed by atoms with Crippen molar-refractivity contribution in [3.63, 3.8) is 0 Å². The number of aliphatic hydroxyl groups excluding tert-OH is 1. The number of likely N-dealkylation sites (tertiary alicyclic amines) is 1. The van der Waals surface area contributed by atoms with Crippen molar-refractivity contribution >= 4 is 5.97 Å². The SMILES string of the molecule is CC(=O)Oc1ccc2c3c1O[C@H]1[C@@H](O)C=C[C@H]4[C@@H](C2)[N+](C)(C)CC[C@@]341.[I-]. The lowest BCUT2D eigenvalue weighted by molar-refractivity contribution is -0.926. The minimum Gasteiger partial charge on any atom is -1.00 e. The molecule has 1 saturated heterocycles. The van der Waals surface area contributed by atoms with Gasteiger partial charge in [0.25, 0.3) is 0 Å². The van der Waals surface area contributed by atoms with E-state index in [1.54, 1.807) is 0 Å². The third-order valence-electron chi connectivity index (χ3n) is 6.94. The topological polar surface area (TPSA) is 55.8 Å². The van der Waals surface area contributed by atoms with Gasteiger partial charge in [-0.15, -0.1) is 0 Å². The van der Waals surface area contributed by atoms with Crippen molar-refractivity contribution in [1.82, 2.24) is 0 Å². The predicted molar refractivity (Wildman–Crippen MR) is 91.6 cm³/mol. The number of likely N-dealkylation sites (N-methyl/N-ethyl adjacent to an activating group) is 1. The van der Waals surface area contributed by atoms with E-state index in [-0.39, 0.29) is 41.5 Å². The Hall–Kier alpha value is -1.12. The summed E-state index contributed by atoms with van der Waals surface area (Å²) >= 11 is 0. The number of benzene rings is 1. The predicted octanol–water partition coefficient (Wildman–Crippen LogP) is -1.43. The second kappa shape index (κ2) is 5.69. The van der Waals surface area contributed by atoms with Crippen LogP contribution in [0.15, 0.2) is 24.3 Å². The van der Waals surface area contributed by atoms with E-state index >= 15 is 0 Å². The van der Waals surface area contributed by atoms with Crippen LogP contribution in [0.2, 0.25) is 0 Å². The normalized spacial score (nSPS) is 37.2. The van der Waals surface area contributed by atoms with Crippen LogP contribution in [0.25, 0.3) is 0 Å². The van der Waals surface area contributed by atoms with Crippen molar-refractivity contribution in [3.05, 3.63) is 35.4 Å². The Morgan fingerprint density at radius 2 is 2.12 bits per heavy atom. The molecule has 2 heterocycles. The molecule has 2 aliphatic heterocycles. The van der Waals surface area contributed by atoms with Crippen LogP contribution in [-0.2, 0) is 16.6 Å². The van der Waals surface area contributed by atoms with Gasteiger partial charge in [0, 0.05) is 31.2 Å². The van der Waals surface area contributed by atoms with Gasteiger partial charge in [-0.3, -0.25) is 4.79 Å².